The molecular formula is C15H21BrN2O2. The molecule has 0 bridgehead atoms. The van der Waals surface area contributed by atoms with E-state index in [1.54, 1.807) is 13.2 Å². The smallest absolute Gasteiger partial charge is 0.255 e. The largest absolute Gasteiger partial charge is 0.496 e. The van der Waals surface area contributed by atoms with E-state index < -0.39 is 0 Å². The lowest BCUT2D eigenvalue weighted by molar-refractivity contribution is 0.0893. The second-order valence-electron chi connectivity index (χ2n) is 5.37. The van der Waals surface area contributed by atoms with Gasteiger partial charge in [-0.15, -0.1) is 0 Å². The first-order valence-corrected chi connectivity index (χ1v) is 7.65. The number of nitrogens with one attached hydrogen (secondary N) is 1. The monoisotopic (exact) mass is 340 g/mol. The number of rotatable bonds is 3. The Kier molecular flexibility index (Phi) is 5.05. The number of amides is 1. The molecule has 0 radical (unpaired) electrons. The summed E-state index contributed by atoms with van der Waals surface area (Å²) in [4.78, 5) is 14.7. The molecule has 5 heteroatoms. The van der Waals surface area contributed by atoms with Crippen molar-refractivity contribution in [3.8, 4) is 5.75 Å². The van der Waals surface area contributed by atoms with Gasteiger partial charge >= 0.3 is 0 Å². The van der Waals surface area contributed by atoms with Gasteiger partial charge in [-0.3, -0.25) is 4.79 Å². The predicted octanol–water partition coefficient (Wildman–Crippen LogP) is 2.67. The van der Waals surface area contributed by atoms with Crippen LogP contribution in [0.25, 0.3) is 0 Å². The topological polar surface area (TPSA) is 41.6 Å². The predicted molar refractivity (Wildman–Crippen MR) is 83.3 cm³/mol. The van der Waals surface area contributed by atoms with Crippen molar-refractivity contribution in [2.75, 3.05) is 20.7 Å². The van der Waals surface area contributed by atoms with Gasteiger partial charge in [0.2, 0.25) is 0 Å². The fourth-order valence-electron chi connectivity index (χ4n) is 2.54. The molecule has 2 unspecified atom stereocenters. The third-order valence-corrected chi connectivity index (χ3v) is 4.45. The number of halogens is 1. The minimum Gasteiger partial charge on any atom is -0.496 e. The quantitative estimate of drug-likeness (QED) is 0.919. The van der Waals surface area contributed by atoms with E-state index in [1.807, 2.05) is 12.1 Å². The minimum absolute atomic E-state index is 0.0592. The van der Waals surface area contributed by atoms with Crippen molar-refractivity contribution < 1.29 is 9.53 Å². The van der Waals surface area contributed by atoms with Crippen molar-refractivity contribution in [1.82, 2.24) is 10.2 Å². The van der Waals surface area contributed by atoms with Gasteiger partial charge in [-0.1, -0.05) is 15.9 Å². The first-order valence-electron chi connectivity index (χ1n) is 6.86. The number of carbonyl (C=O) groups excluding carboxylic acids is 1. The molecule has 1 aromatic rings. The van der Waals surface area contributed by atoms with E-state index in [4.69, 9.17) is 4.74 Å². The highest BCUT2D eigenvalue weighted by atomic mass is 79.9. The van der Waals surface area contributed by atoms with Crippen LogP contribution in [0.4, 0.5) is 0 Å². The molecule has 110 valence electrons. The molecule has 2 atom stereocenters. The summed E-state index contributed by atoms with van der Waals surface area (Å²) in [7, 11) is 3.71. The number of likely N-dealkylation sites (tertiary alicyclic amines) is 1. The Balaban J connectivity index is 2.05. The summed E-state index contributed by atoms with van der Waals surface area (Å²) in [5.41, 5.74) is 0.585. The molecule has 1 aliphatic rings. The number of hydrogen-bond donors (Lipinski definition) is 1. The van der Waals surface area contributed by atoms with E-state index in [2.05, 4.69) is 40.1 Å². The van der Waals surface area contributed by atoms with E-state index in [1.165, 1.54) is 0 Å². The van der Waals surface area contributed by atoms with E-state index in [0.717, 1.165) is 23.9 Å². The third kappa shape index (κ3) is 3.52. The van der Waals surface area contributed by atoms with Gasteiger partial charge in [0.1, 0.15) is 5.75 Å². The van der Waals surface area contributed by atoms with Gasteiger partial charge in [-0.2, -0.15) is 0 Å². The third-order valence-electron chi connectivity index (χ3n) is 3.95. The molecule has 1 aromatic carbocycles. The first kappa shape index (κ1) is 15.3. The van der Waals surface area contributed by atoms with E-state index >= 15 is 0 Å². The molecule has 0 spiro atoms. The van der Waals surface area contributed by atoms with Crippen LogP contribution >= 0.6 is 15.9 Å². The summed E-state index contributed by atoms with van der Waals surface area (Å²) in [6, 6.07) is 6.19. The Bertz CT molecular complexity index is 493. The highest BCUT2D eigenvalue weighted by molar-refractivity contribution is 9.10. The summed E-state index contributed by atoms with van der Waals surface area (Å²) in [5, 5.41) is 3.12. The lowest BCUT2D eigenvalue weighted by atomic mass is 9.98. The fourth-order valence-corrected chi connectivity index (χ4v) is 2.88. The maximum atomic E-state index is 12.4. The second kappa shape index (κ2) is 6.59. The average Bonchev–Trinajstić information content (AvgIpc) is 2.42. The van der Waals surface area contributed by atoms with Gasteiger partial charge in [0.15, 0.2) is 0 Å². The minimum atomic E-state index is -0.0592. The van der Waals surface area contributed by atoms with E-state index in [9.17, 15) is 4.79 Å². The van der Waals surface area contributed by atoms with Crippen molar-refractivity contribution in [2.45, 2.75) is 31.8 Å². The molecule has 1 saturated heterocycles. The zero-order valence-electron chi connectivity index (χ0n) is 12.1. The number of piperidine rings is 1. The Morgan fingerprint density at radius 1 is 1.50 bits per heavy atom. The fraction of sp³-hybridized carbons (Fsp3) is 0.533. The first-order chi connectivity index (χ1) is 9.51. The molecule has 2 rings (SSSR count). The van der Waals surface area contributed by atoms with Gasteiger partial charge in [-0.25, -0.2) is 0 Å². The molecule has 1 fully saturated rings. The summed E-state index contributed by atoms with van der Waals surface area (Å²) >= 11 is 3.38. The van der Waals surface area contributed by atoms with E-state index in [-0.39, 0.29) is 11.9 Å². The van der Waals surface area contributed by atoms with Crippen molar-refractivity contribution in [2.24, 2.45) is 0 Å². The summed E-state index contributed by atoms with van der Waals surface area (Å²) in [6.07, 6.45) is 1.98. The Morgan fingerprint density at radius 3 is 2.90 bits per heavy atom. The molecule has 1 aliphatic heterocycles. The number of benzene rings is 1. The van der Waals surface area contributed by atoms with Gasteiger partial charge in [0.25, 0.3) is 5.91 Å². The van der Waals surface area contributed by atoms with Crippen LogP contribution in [0.2, 0.25) is 0 Å². The maximum Gasteiger partial charge on any atom is 0.255 e. The van der Waals surface area contributed by atoms with Crippen molar-refractivity contribution in [3.63, 3.8) is 0 Å². The Labute approximate surface area is 128 Å². The number of nitrogens with zero attached hydrogens (tertiary/aromatic N) is 1. The summed E-state index contributed by atoms with van der Waals surface area (Å²) in [6.45, 7) is 3.21. The molecule has 1 N–H and O–H groups in total. The van der Waals surface area contributed by atoms with Crippen LogP contribution in [0.5, 0.6) is 5.75 Å². The van der Waals surface area contributed by atoms with Gasteiger partial charge in [0, 0.05) is 23.1 Å². The number of hydrogen-bond acceptors (Lipinski definition) is 3. The van der Waals surface area contributed by atoms with Crippen LogP contribution in [-0.4, -0.2) is 43.6 Å². The maximum absolute atomic E-state index is 12.4. The molecule has 0 aliphatic carbocycles. The van der Waals surface area contributed by atoms with Crippen LogP contribution in [0.1, 0.15) is 30.1 Å². The molecule has 1 amide bonds. The summed E-state index contributed by atoms with van der Waals surface area (Å²) < 4.78 is 6.18. The highest BCUT2D eigenvalue weighted by Crippen LogP contribution is 2.24. The van der Waals surface area contributed by atoms with Crippen LogP contribution in [0.15, 0.2) is 22.7 Å². The van der Waals surface area contributed by atoms with Gasteiger partial charge in [0.05, 0.1) is 12.7 Å². The van der Waals surface area contributed by atoms with E-state index in [0.29, 0.717) is 17.4 Å². The number of carbonyl (C=O) groups is 1. The Hall–Kier alpha value is -1.07. The zero-order chi connectivity index (χ0) is 14.7. The number of methoxy groups -OCH3 is 1. The van der Waals surface area contributed by atoms with Crippen molar-refractivity contribution >= 4 is 21.8 Å². The van der Waals surface area contributed by atoms with Gasteiger partial charge < -0.3 is 15.0 Å². The second-order valence-corrected chi connectivity index (χ2v) is 6.28. The van der Waals surface area contributed by atoms with Crippen molar-refractivity contribution in [1.29, 1.82) is 0 Å². The Morgan fingerprint density at radius 2 is 2.25 bits per heavy atom. The molecule has 0 aromatic heterocycles. The zero-order valence-corrected chi connectivity index (χ0v) is 13.7. The van der Waals surface area contributed by atoms with Crippen LogP contribution in [0.3, 0.4) is 0 Å². The molecule has 1 heterocycles. The molecular weight excluding hydrogens is 320 g/mol. The highest BCUT2D eigenvalue weighted by Gasteiger charge is 2.25. The lowest BCUT2D eigenvalue weighted by Gasteiger charge is -2.35. The van der Waals surface area contributed by atoms with Crippen LogP contribution in [-0.2, 0) is 0 Å². The lowest BCUT2D eigenvalue weighted by Crippen LogP contribution is -2.47. The van der Waals surface area contributed by atoms with Gasteiger partial charge in [-0.05, 0) is 45.0 Å². The molecule has 4 nitrogen and oxygen atoms in total. The summed E-state index contributed by atoms with van der Waals surface area (Å²) in [5.74, 6) is 0.536. The average molecular weight is 341 g/mol. The normalized spacial score (nSPS) is 23.4. The van der Waals surface area contributed by atoms with Crippen molar-refractivity contribution in [3.05, 3.63) is 28.2 Å². The molecule has 0 saturated carbocycles. The van der Waals surface area contributed by atoms with Crippen LogP contribution < -0.4 is 10.1 Å². The molecule has 20 heavy (non-hydrogen) atoms. The standard InChI is InChI=1S/C15H21BrN2O2/c1-10-8-12(6-7-18(10)2)17-15(19)13-5-4-11(16)9-14(13)20-3/h4-5,9-10,12H,6-8H2,1-3H3,(H,17,19). The van der Waals surface area contributed by atoms with Crippen LogP contribution in [0, 0.1) is 0 Å². The SMILES string of the molecule is COc1cc(Br)ccc1C(=O)NC1CCN(C)C(C)C1. The number of ether oxygens (including phenoxy) is 1.